The molecule has 1 unspecified atom stereocenters. The Labute approximate surface area is 181 Å². The van der Waals surface area contributed by atoms with E-state index >= 15 is 0 Å². The van der Waals surface area contributed by atoms with Gasteiger partial charge in [-0.15, -0.1) is 0 Å². The number of rotatable bonds is 8. The Balaban J connectivity index is 2.42. The van der Waals surface area contributed by atoms with Crippen molar-refractivity contribution in [3.63, 3.8) is 0 Å². The Morgan fingerprint density at radius 3 is 1.97 bits per heavy atom. The summed E-state index contributed by atoms with van der Waals surface area (Å²) in [7, 11) is -3.45. The molecule has 0 saturated carbocycles. The number of anilines is 1. The van der Waals surface area contributed by atoms with Crippen molar-refractivity contribution < 1.29 is 27.6 Å². The number of ether oxygens (including phenoxy) is 1. The van der Waals surface area contributed by atoms with E-state index in [0.717, 1.165) is 9.87 Å². The molecule has 0 aromatic heterocycles. The van der Waals surface area contributed by atoms with Crippen LogP contribution in [-0.4, -0.2) is 31.2 Å². The second-order valence-electron chi connectivity index (χ2n) is 7.10. The van der Waals surface area contributed by atoms with E-state index in [4.69, 9.17) is 4.74 Å². The summed E-state index contributed by atoms with van der Waals surface area (Å²) in [6, 6.07) is 21.3. The molecule has 8 heteroatoms. The fourth-order valence-electron chi connectivity index (χ4n) is 3.71. The summed E-state index contributed by atoms with van der Waals surface area (Å²) in [5.41, 5.74) is 0.0656. The average Bonchev–Trinajstić information content (AvgIpc) is 2.73. The molecule has 162 valence electrons. The number of carboxylic acid groups (broad SMARTS) is 1. The molecule has 0 heterocycles. The molecule has 0 fully saturated rings. The van der Waals surface area contributed by atoms with Crippen molar-refractivity contribution in [2.24, 2.45) is 0 Å². The van der Waals surface area contributed by atoms with Gasteiger partial charge in [-0.05, 0) is 42.3 Å². The number of hydrogen-bond acceptors (Lipinski definition) is 4. The summed E-state index contributed by atoms with van der Waals surface area (Å²) in [5.74, 6) is -0.746. The normalized spacial score (nSPS) is 13.3. The van der Waals surface area contributed by atoms with Gasteiger partial charge in [-0.3, -0.25) is 9.35 Å². The van der Waals surface area contributed by atoms with E-state index in [2.05, 4.69) is 0 Å². The van der Waals surface area contributed by atoms with E-state index in [0.29, 0.717) is 16.9 Å². The quantitative estimate of drug-likeness (QED) is 0.512. The maximum atomic E-state index is 12.8. The smallest absolute Gasteiger partial charge is 0.361 e. The lowest BCUT2D eigenvalue weighted by Gasteiger charge is -2.43. The van der Waals surface area contributed by atoms with Gasteiger partial charge < -0.3 is 9.84 Å². The molecule has 0 saturated heterocycles. The van der Waals surface area contributed by atoms with Crippen molar-refractivity contribution in [1.29, 1.82) is 0 Å². The van der Waals surface area contributed by atoms with Crippen LogP contribution < -0.4 is 9.04 Å². The molecular formula is C23H23NO6S. The standard InChI is InChI=1S/C23H23NO6S/c1-17-8-10-19(11-9-17)23(16-22(25)26,18-6-4-3-5-7-18)24(31(27,28)29)20-12-14-21(30-2)15-13-20/h3-15H,16H2,1-2H3,(H,25,26)(H,27,28,29). The minimum Gasteiger partial charge on any atom is -0.497 e. The second kappa shape index (κ2) is 8.79. The number of methoxy groups -OCH3 is 1. The van der Waals surface area contributed by atoms with Crippen LogP contribution in [0.2, 0.25) is 0 Å². The lowest BCUT2D eigenvalue weighted by atomic mass is 9.79. The Bertz CT molecular complexity index is 1140. The minimum atomic E-state index is -4.92. The topological polar surface area (TPSA) is 104 Å². The van der Waals surface area contributed by atoms with Crippen LogP contribution in [-0.2, 0) is 20.6 Å². The fourth-order valence-corrected chi connectivity index (χ4v) is 4.76. The maximum Gasteiger partial charge on any atom is 0.361 e. The summed E-state index contributed by atoms with van der Waals surface area (Å²) < 4.78 is 41.8. The molecule has 3 rings (SSSR count). The van der Waals surface area contributed by atoms with Gasteiger partial charge in [0.05, 0.1) is 19.2 Å². The van der Waals surface area contributed by atoms with E-state index < -0.39 is 28.2 Å². The summed E-state index contributed by atoms with van der Waals surface area (Å²) in [6.45, 7) is 1.87. The predicted molar refractivity (Wildman–Crippen MR) is 118 cm³/mol. The Hall–Kier alpha value is -3.36. The highest BCUT2D eigenvalue weighted by Gasteiger charge is 2.48. The number of carbonyl (C=O) groups is 1. The molecule has 0 spiro atoms. The second-order valence-corrected chi connectivity index (χ2v) is 8.36. The SMILES string of the molecule is COc1ccc(N(C(CC(=O)O)(c2ccccc2)c2ccc(C)cc2)S(=O)(=O)O)cc1. The number of hydrogen-bond donors (Lipinski definition) is 2. The zero-order chi connectivity index (χ0) is 22.6. The number of aliphatic carboxylic acids is 1. The van der Waals surface area contributed by atoms with Gasteiger partial charge in [0, 0.05) is 0 Å². The van der Waals surface area contributed by atoms with E-state index in [1.54, 1.807) is 66.7 Å². The van der Waals surface area contributed by atoms with E-state index in [9.17, 15) is 22.9 Å². The molecule has 7 nitrogen and oxygen atoms in total. The first-order valence-corrected chi connectivity index (χ1v) is 10.8. The van der Waals surface area contributed by atoms with Crippen LogP contribution >= 0.6 is 0 Å². The van der Waals surface area contributed by atoms with Gasteiger partial charge in [0.15, 0.2) is 0 Å². The van der Waals surface area contributed by atoms with Crippen LogP contribution in [0.1, 0.15) is 23.1 Å². The summed E-state index contributed by atoms with van der Waals surface area (Å²) in [6.07, 6.45) is -0.619. The van der Waals surface area contributed by atoms with Crippen molar-refractivity contribution in [2.75, 3.05) is 11.4 Å². The van der Waals surface area contributed by atoms with Gasteiger partial charge in [0.2, 0.25) is 0 Å². The number of nitrogens with zero attached hydrogens (tertiary/aromatic N) is 1. The molecule has 1 atom stereocenters. The van der Waals surface area contributed by atoms with Gasteiger partial charge in [0.1, 0.15) is 11.3 Å². The van der Waals surface area contributed by atoms with Crippen molar-refractivity contribution in [3.05, 3.63) is 95.6 Å². The molecule has 3 aromatic carbocycles. The average molecular weight is 442 g/mol. The molecule has 0 amide bonds. The monoisotopic (exact) mass is 441 g/mol. The summed E-state index contributed by atoms with van der Waals surface area (Å²) in [5, 5.41) is 9.85. The third kappa shape index (κ3) is 4.55. The first kappa shape index (κ1) is 22.3. The molecule has 0 aliphatic heterocycles. The zero-order valence-corrected chi connectivity index (χ0v) is 17.9. The first-order valence-electron chi connectivity index (χ1n) is 9.45. The molecule has 0 radical (unpaired) electrons. The maximum absolute atomic E-state index is 12.8. The van der Waals surface area contributed by atoms with Crippen LogP contribution in [0.15, 0.2) is 78.9 Å². The van der Waals surface area contributed by atoms with Crippen molar-refractivity contribution >= 4 is 22.0 Å². The summed E-state index contributed by atoms with van der Waals surface area (Å²) in [4.78, 5) is 12.1. The number of carboxylic acids is 1. The van der Waals surface area contributed by atoms with E-state index in [1.165, 1.54) is 19.2 Å². The molecule has 2 N–H and O–H groups in total. The lowest BCUT2D eigenvalue weighted by molar-refractivity contribution is -0.138. The zero-order valence-electron chi connectivity index (χ0n) is 17.1. The van der Waals surface area contributed by atoms with Crippen LogP contribution in [0.5, 0.6) is 5.75 Å². The highest BCUT2D eigenvalue weighted by atomic mass is 32.2. The van der Waals surface area contributed by atoms with Gasteiger partial charge in [0.25, 0.3) is 0 Å². The number of benzene rings is 3. The molecule has 0 aliphatic carbocycles. The minimum absolute atomic E-state index is 0.0916. The van der Waals surface area contributed by atoms with Gasteiger partial charge in [-0.25, -0.2) is 4.31 Å². The molecule has 3 aromatic rings. The molecule has 0 bridgehead atoms. The summed E-state index contributed by atoms with van der Waals surface area (Å²) >= 11 is 0. The Kier molecular flexibility index (Phi) is 6.33. The van der Waals surface area contributed by atoms with Crippen LogP contribution in [0.25, 0.3) is 0 Å². The van der Waals surface area contributed by atoms with Crippen LogP contribution in [0, 0.1) is 6.92 Å². The van der Waals surface area contributed by atoms with E-state index in [-0.39, 0.29) is 5.69 Å². The van der Waals surface area contributed by atoms with Crippen molar-refractivity contribution in [1.82, 2.24) is 0 Å². The van der Waals surface area contributed by atoms with Crippen molar-refractivity contribution in [2.45, 2.75) is 18.9 Å². The Morgan fingerprint density at radius 2 is 1.48 bits per heavy atom. The third-order valence-corrected chi connectivity index (χ3v) is 6.06. The van der Waals surface area contributed by atoms with Crippen LogP contribution in [0.4, 0.5) is 5.69 Å². The molecule has 0 aliphatic rings. The largest absolute Gasteiger partial charge is 0.497 e. The fraction of sp³-hybridized carbons (Fsp3) is 0.174. The highest BCUT2D eigenvalue weighted by Crippen LogP contribution is 2.44. The van der Waals surface area contributed by atoms with Gasteiger partial charge in [-0.2, -0.15) is 8.42 Å². The van der Waals surface area contributed by atoms with Crippen LogP contribution in [0.3, 0.4) is 0 Å². The van der Waals surface area contributed by atoms with Gasteiger partial charge >= 0.3 is 16.3 Å². The van der Waals surface area contributed by atoms with E-state index in [1.807, 2.05) is 6.92 Å². The third-order valence-electron chi connectivity index (χ3n) is 5.07. The first-order chi connectivity index (χ1) is 14.7. The lowest BCUT2D eigenvalue weighted by Crippen LogP contribution is -2.51. The number of aryl methyl sites for hydroxylation is 1. The van der Waals surface area contributed by atoms with Crippen molar-refractivity contribution in [3.8, 4) is 5.75 Å². The predicted octanol–water partition coefficient (Wildman–Crippen LogP) is 4.03. The Morgan fingerprint density at radius 1 is 0.935 bits per heavy atom. The highest BCUT2D eigenvalue weighted by molar-refractivity contribution is 7.87. The van der Waals surface area contributed by atoms with Gasteiger partial charge in [-0.1, -0.05) is 60.2 Å². The molecular weight excluding hydrogens is 418 g/mol. The molecule has 31 heavy (non-hydrogen) atoms.